The van der Waals surface area contributed by atoms with E-state index in [1.54, 1.807) is 6.08 Å². The standard InChI is InChI=1S/C13H18O/c1-5-7-11-9-12(14)8-10(3)13(11,4)6-2/h5-6,9-10H,1-2,7-8H2,3-4H3/t10-,13+/m1/s1. The molecule has 2 atom stereocenters. The predicted molar refractivity (Wildman–Crippen MR) is 60.0 cm³/mol. The fourth-order valence-electron chi connectivity index (χ4n) is 2.01. The van der Waals surface area contributed by atoms with Crippen LogP contribution in [0.2, 0.25) is 0 Å². The fourth-order valence-corrected chi connectivity index (χ4v) is 2.01. The topological polar surface area (TPSA) is 17.1 Å². The number of hydrogen-bond acceptors (Lipinski definition) is 1. The second-order valence-electron chi connectivity index (χ2n) is 4.22. The second-order valence-corrected chi connectivity index (χ2v) is 4.22. The van der Waals surface area contributed by atoms with Crippen LogP contribution >= 0.6 is 0 Å². The summed E-state index contributed by atoms with van der Waals surface area (Å²) in [5.74, 6) is 0.570. The van der Waals surface area contributed by atoms with E-state index in [9.17, 15) is 4.79 Å². The summed E-state index contributed by atoms with van der Waals surface area (Å²) in [5, 5.41) is 0. The van der Waals surface area contributed by atoms with E-state index in [1.165, 1.54) is 0 Å². The Morgan fingerprint density at radius 2 is 2.29 bits per heavy atom. The van der Waals surface area contributed by atoms with E-state index in [0.717, 1.165) is 12.0 Å². The maximum absolute atomic E-state index is 11.4. The van der Waals surface area contributed by atoms with E-state index in [-0.39, 0.29) is 11.2 Å². The van der Waals surface area contributed by atoms with Gasteiger partial charge in [-0.25, -0.2) is 0 Å². The van der Waals surface area contributed by atoms with Crippen LogP contribution in [-0.4, -0.2) is 5.78 Å². The summed E-state index contributed by atoms with van der Waals surface area (Å²) in [5.41, 5.74) is 1.11. The number of rotatable bonds is 3. The molecule has 0 unspecified atom stereocenters. The number of hydrogen-bond donors (Lipinski definition) is 0. The molecule has 1 aliphatic carbocycles. The van der Waals surface area contributed by atoms with Gasteiger partial charge in [-0.1, -0.05) is 31.6 Å². The number of allylic oxidation sites excluding steroid dienone is 4. The Morgan fingerprint density at radius 3 is 2.79 bits per heavy atom. The Balaban J connectivity index is 3.11. The van der Waals surface area contributed by atoms with E-state index >= 15 is 0 Å². The van der Waals surface area contributed by atoms with Crippen molar-refractivity contribution in [3.05, 3.63) is 37.0 Å². The molecule has 1 nitrogen and oxygen atoms in total. The highest BCUT2D eigenvalue weighted by atomic mass is 16.1. The van der Waals surface area contributed by atoms with Crippen molar-refractivity contribution < 1.29 is 4.79 Å². The van der Waals surface area contributed by atoms with Crippen LogP contribution in [0.5, 0.6) is 0 Å². The Hall–Kier alpha value is -1.11. The lowest BCUT2D eigenvalue weighted by Gasteiger charge is -2.37. The van der Waals surface area contributed by atoms with Gasteiger partial charge in [-0.2, -0.15) is 0 Å². The normalized spacial score (nSPS) is 32.3. The van der Waals surface area contributed by atoms with Crippen LogP contribution in [-0.2, 0) is 4.79 Å². The lowest BCUT2D eigenvalue weighted by Crippen LogP contribution is -2.31. The first-order valence-electron chi connectivity index (χ1n) is 5.03. The van der Waals surface area contributed by atoms with Crippen LogP contribution in [0, 0.1) is 11.3 Å². The molecule has 0 heterocycles. The minimum absolute atomic E-state index is 0.0396. The quantitative estimate of drug-likeness (QED) is 0.624. The van der Waals surface area contributed by atoms with E-state index in [2.05, 4.69) is 27.0 Å². The SMILES string of the molecule is C=CCC1=CC(=O)C[C@@H](C)[C@]1(C)C=C. The molecule has 0 fully saturated rings. The van der Waals surface area contributed by atoms with Crippen LogP contribution in [0.15, 0.2) is 37.0 Å². The Labute approximate surface area is 86.2 Å². The van der Waals surface area contributed by atoms with Crippen molar-refractivity contribution in [2.24, 2.45) is 11.3 Å². The molecule has 14 heavy (non-hydrogen) atoms. The first-order valence-corrected chi connectivity index (χ1v) is 5.03. The highest BCUT2D eigenvalue weighted by Gasteiger charge is 2.35. The van der Waals surface area contributed by atoms with Gasteiger partial charge in [0.2, 0.25) is 0 Å². The summed E-state index contributed by atoms with van der Waals surface area (Å²) in [6.07, 6.45) is 6.98. The molecule has 0 saturated carbocycles. The maximum Gasteiger partial charge on any atom is 0.155 e. The van der Waals surface area contributed by atoms with Crippen LogP contribution in [0.3, 0.4) is 0 Å². The predicted octanol–water partition coefficient (Wildman–Crippen LogP) is 3.29. The van der Waals surface area contributed by atoms with Crippen molar-refractivity contribution in [3.8, 4) is 0 Å². The van der Waals surface area contributed by atoms with Crippen LogP contribution in [0.25, 0.3) is 0 Å². The lowest BCUT2D eigenvalue weighted by molar-refractivity contribution is -0.116. The molecular formula is C13H18O. The summed E-state index contributed by atoms with van der Waals surface area (Å²) in [6, 6.07) is 0. The largest absolute Gasteiger partial charge is 0.295 e. The molecule has 1 heteroatoms. The third-order valence-electron chi connectivity index (χ3n) is 3.35. The van der Waals surface area contributed by atoms with Gasteiger partial charge < -0.3 is 0 Å². The third kappa shape index (κ3) is 1.72. The van der Waals surface area contributed by atoms with Crippen molar-refractivity contribution in [1.82, 2.24) is 0 Å². The summed E-state index contributed by atoms with van der Waals surface area (Å²) < 4.78 is 0. The van der Waals surface area contributed by atoms with Crippen LogP contribution < -0.4 is 0 Å². The van der Waals surface area contributed by atoms with Gasteiger partial charge in [0.1, 0.15) is 0 Å². The summed E-state index contributed by atoms with van der Waals surface area (Å²) >= 11 is 0. The second kappa shape index (κ2) is 3.95. The molecule has 0 aromatic heterocycles. The third-order valence-corrected chi connectivity index (χ3v) is 3.35. The van der Waals surface area contributed by atoms with E-state index < -0.39 is 0 Å². The van der Waals surface area contributed by atoms with Crippen molar-refractivity contribution >= 4 is 5.78 Å². The van der Waals surface area contributed by atoms with Crippen molar-refractivity contribution in [1.29, 1.82) is 0 Å². The molecule has 0 bridgehead atoms. The van der Waals surface area contributed by atoms with Gasteiger partial charge in [-0.15, -0.1) is 13.2 Å². The average molecular weight is 190 g/mol. The van der Waals surface area contributed by atoms with Gasteiger partial charge in [-0.05, 0) is 18.4 Å². The van der Waals surface area contributed by atoms with E-state index in [0.29, 0.717) is 12.3 Å². The molecule has 0 aliphatic heterocycles. The lowest BCUT2D eigenvalue weighted by atomic mass is 9.66. The molecular weight excluding hydrogens is 172 g/mol. The maximum atomic E-state index is 11.4. The minimum atomic E-state index is -0.0396. The first kappa shape index (κ1) is 11.0. The summed E-state index contributed by atoms with van der Waals surface area (Å²) in [4.78, 5) is 11.4. The molecule has 0 N–H and O–H groups in total. The molecule has 0 spiro atoms. The molecule has 0 radical (unpaired) electrons. The van der Waals surface area contributed by atoms with Crippen LogP contribution in [0.1, 0.15) is 26.7 Å². The first-order chi connectivity index (χ1) is 6.54. The van der Waals surface area contributed by atoms with E-state index in [1.807, 2.05) is 12.2 Å². The molecule has 1 aliphatic rings. The monoisotopic (exact) mass is 190 g/mol. The van der Waals surface area contributed by atoms with Gasteiger partial charge in [0.05, 0.1) is 0 Å². The van der Waals surface area contributed by atoms with E-state index in [4.69, 9.17) is 0 Å². The Kier molecular flexibility index (Phi) is 3.10. The zero-order valence-corrected chi connectivity index (χ0v) is 9.05. The van der Waals surface area contributed by atoms with Crippen LogP contribution in [0.4, 0.5) is 0 Å². The number of carbonyl (C=O) groups is 1. The summed E-state index contributed by atoms with van der Waals surface area (Å²) in [7, 11) is 0. The Bertz CT molecular complexity index is 298. The fraction of sp³-hybridized carbons (Fsp3) is 0.462. The summed E-state index contributed by atoms with van der Waals surface area (Å²) in [6.45, 7) is 11.8. The minimum Gasteiger partial charge on any atom is -0.295 e. The number of ketones is 1. The zero-order chi connectivity index (χ0) is 10.8. The molecule has 0 saturated heterocycles. The smallest absolute Gasteiger partial charge is 0.155 e. The van der Waals surface area contributed by atoms with Gasteiger partial charge in [0, 0.05) is 11.8 Å². The average Bonchev–Trinajstić information content (AvgIpc) is 2.14. The van der Waals surface area contributed by atoms with Crippen molar-refractivity contribution in [3.63, 3.8) is 0 Å². The van der Waals surface area contributed by atoms with Crippen molar-refractivity contribution in [2.75, 3.05) is 0 Å². The molecule has 0 aromatic rings. The highest BCUT2D eigenvalue weighted by molar-refractivity contribution is 5.92. The molecule has 0 amide bonds. The molecule has 1 rings (SSSR count). The number of carbonyl (C=O) groups excluding carboxylic acids is 1. The van der Waals surface area contributed by atoms with Crippen molar-refractivity contribution in [2.45, 2.75) is 26.7 Å². The van der Waals surface area contributed by atoms with Gasteiger partial charge in [0.15, 0.2) is 5.78 Å². The van der Waals surface area contributed by atoms with Gasteiger partial charge in [-0.3, -0.25) is 4.79 Å². The Morgan fingerprint density at radius 1 is 1.64 bits per heavy atom. The highest BCUT2D eigenvalue weighted by Crippen LogP contribution is 2.43. The molecule has 76 valence electrons. The van der Waals surface area contributed by atoms with Gasteiger partial charge >= 0.3 is 0 Å². The zero-order valence-electron chi connectivity index (χ0n) is 9.05. The molecule has 0 aromatic carbocycles. The van der Waals surface area contributed by atoms with Gasteiger partial charge in [0.25, 0.3) is 0 Å².